The van der Waals surface area contributed by atoms with Gasteiger partial charge in [0.25, 0.3) is 0 Å². The van der Waals surface area contributed by atoms with Crippen LogP contribution in [0.25, 0.3) is 0 Å². The van der Waals surface area contributed by atoms with Gasteiger partial charge in [-0.3, -0.25) is 0 Å². The number of rotatable bonds is 1. The molecule has 0 radical (unpaired) electrons. The van der Waals surface area contributed by atoms with Crippen LogP contribution in [0.3, 0.4) is 0 Å². The Morgan fingerprint density at radius 1 is 1.28 bits per heavy atom. The first-order valence-corrected chi connectivity index (χ1v) is 7.50. The lowest BCUT2D eigenvalue weighted by molar-refractivity contribution is 0.153. The van der Waals surface area contributed by atoms with Crippen LogP contribution in [0.15, 0.2) is 12.1 Å². The molecule has 18 heavy (non-hydrogen) atoms. The fraction of sp³-hybridized carbons (Fsp3) is 0.647. The summed E-state index contributed by atoms with van der Waals surface area (Å²) in [7, 11) is 0. The number of benzene rings is 1. The highest BCUT2D eigenvalue weighted by atomic mass is 16.3. The molecule has 1 fully saturated rings. The molecule has 2 atom stereocenters. The van der Waals surface area contributed by atoms with Crippen LogP contribution in [-0.2, 0) is 11.8 Å². The van der Waals surface area contributed by atoms with Crippen LogP contribution in [-0.4, -0.2) is 5.11 Å². The summed E-state index contributed by atoms with van der Waals surface area (Å²) in [6, 6.07) is 4.32. The zero-order valence-corrected chi connectivity index (χ0v) is 11.6. The van der Waals surface area contributed by atoms with E-state index in [0.29, 0.717) is 11.2 Å². The van der Waals surface area contributed by atoms with Crippen LogP contribution in [0, 0.1) is 12.8 Å². The van der Waals surface area contributed by atoms with Gasteiger partial charge in [0.15, 0.2) is 0 Å². The van der Waals surface area contributed by atoms with Gasteiger partial charge in [-0.15, -0.1) is 0 Å². The van der Waals surface area contributed by atoms with E-state index in [-0.39, 0.29) is 0 Å². The van der Waals surface area contributed by atoms with Gasteiger partial charge in [0.05, 0.1) is 0 Å². The number of aromatic hydroxyl groups is 1. The van der Waals surface area contributed by atoms with Crippen molar-refractivity contribution in [3.63, 3.8) is 0 Å². The van der Waals surface area contributed by atoms with Crippen molar-refractivity contribution < 1.29 is 5.11 Å². The maximum absolute atomic E-state index is 10.1. The minimum Gasteiger partial charge on any atom is -0.508 e. The molecule has 3 rings (SSSR count). The third-order valence-electron chi connectivity index (χ3n) is 5.56. The molecule has 0 aliphatic heterocycles. The highest BCUT2D eigenvalue weighted by molar-refractivity contribution is 5.47. The van der Waals surface area contributed by atoms with E-state index in [1.165, 1.54) is 56.1 Å². The van der Waals surface area contributed by atoms with Crippen LogP contribution >= 0.6 is 0 Å². The minimum atomic E-state index is 0.372. The van der Waals surface area contributed by atoms with E-state index in [0.717, 1.165) is 11.5 Å². The fourth-order valence-electron chi connectivity index (χ4n) is 4.50. The molecule has 1 aromatic carbocycles. The van der Waals surface area contributed by atoms with Crippen molar-refractivity contribution in [2.75, 3.05) is 0 Å². The molecular formula is C17H24O. The third-order valence-corrected chi connectivity index (χ3v) is 5.56. The molecule has 0 aromatic heterocycles. The molecule has 0 spiro atoms. The van der Waals surface area contributed by atoms with Gasteiger partial charge in [-0.05, 0) is 73.1 Å². The summed E-state index contributed by atoms with van der Waals surface area (Å²) in [4.78, 5) is 0. The van der Waals surface area contributed by atoms with Gasteiger partial charge in [-0.25, -0.2) is 0 Å². The average Bonchev–Trinajstić information content (AvgIpc) is 2.40. The van der Waals surface area contributed by atoms with Crippen LogP contribution < -0.4 is 0 Å². The number of fused-ring (bicyclic) bond motifs is 3. The minimum absolute atomic E-state index is 0.372. The van der Waals surface area contributed by atoms with Gasteiger partial charge < -0.3 is 5.11 Å². The summed E-state index contributed by atoms with van der Waals surface area (Å²) in [6.45, 7) is 4.35. The lowest BCUT2D eigenvalue weighted by Crippen LogP contribution is -2.41. The highest BCUT2D eigenvalue weighted by Gasteiger charge is 2.44. The summed E-state index contributed by atoms with van der Waals surface area (Å²) in [5.41, 5.74) is 4.39. The quantitative estimate of drug-likeness (QED) is 0.772. The van der Waals surface area contributed by atoms with Crippen molar-refractivity contribution in [3.8, 4) is 5.75 Å². The van der Waals surface area contributed by atoms with E-state index in [1.807, 2.05) is 6.92 Å². The number of phenols is 1. The summed E-state index contributed by atoms with van der Waals surface area (Å²) >= 11 is 0. The van der Waals surface area contributed by atoms with Crippen molar-refractivity contribution in [2.45, 2.75) is 64.2 Å². The lowest BCUT2D eigenvalue weighted by Gasteiger charge is -2.48. The van der Waals surface area contributed by atoms with Crippen molar-refractivity contribution in [1.29, 1.82) is 0 Å². The van der Waals surface area contributed by atoms with E-state index >= 15 is 0 Å². The molecule has 98 valence electrons. The first-order valence-electron chi connectivity index (χ1n) is 7.50. The van der Waals surface area contributed by atoms with Crippen LogP contribution in [0.4, 0.5) is 0 Å². The van der Waals surface area contributed by atoms with E-state index in [1.54, 1.807) is 0 Å². The standard InChI is InChI=1S/C17H24O/c1-3-17-9-5-4-6-14(17)8-7-13-10-12(2)16(18)11-15(13)17/h10-11,14,18H,3-9H2,1-2H3/t14-,17-/m1/s1. The largest absolute Gasteiger partial charge is 0.508 e. The Labute approximate surface area is 110 Å². The predicted octanol–water partition coefficient (Wildman–Crippen LogP) is 4.48. The van der Waals surface area contributed by atoms with Crippen molar-refractivity contribution in [3.05, 3.63) is 28.8 Å². The van der Waals surface area contributed by atoms with E-state index < -0.39 is 0 Å². The molecule has 1 saturated carbocycles. The number of hydrogen-bond acceptors (Lipinski definition) is 1. The molecule has 2 aliphatic rings. The molecule has 2 aliphatic carbocycles. The normalized spacial score (nSPS) is 30.7. The first kappa shape index (κ1) is 12.1. The Morgan fingerprint density at radius 2 is 2.11 bits per heavy atom. The number of aryl methyl sites for hydroxylation is 2. The lowest BCUT2D eigenvalue weighted by atomic mass is 9.56. The molecular weight excluding hydrogens is 220 g/mol. The van der Waals surface area contributed by atoms with Crippen LogP contribution in [0.5, 0.6) is 5.75 Å². The summed E-state index contributed by atoms with van der Waals surface area (Å²) in [6.07, 6.45) is 9.27. The Kier molecular flexibility index (Phi) is 2.88. The van der Waals surface area contributed by atoms with Gasteiger partial charge in [-0.2, -0.15) is 0 Å². The second-order valence-corrected chi connectivity index (χ2v) is 6.29. The first-order chi connectivity index (χ1) is 8.67. The average molecular weight is 244 g/mol. The highest BCUT2D eigenvalue weighted by Crippen LogP contribution is 2.52. The molecule has 0 saturated heterocycles. The molecule has 0 unspecified atom stereocenters. The summed E-state index contributed by atoms with van der Waals surface area (Å²) < 4.78 is 0. The molecule has 1 N–H and O–H groups in total. The summed E-state index contributed by atoms with van der Waals surface area (Å²) in [5.74, 6) is 1.35. The van der Waals surface area contributed by atoms with E-state index in [4.69, 9.17) is 0 Å². The topological polar surface area (TPSA) is 20.2 Å². The van der Waals surface area contributed by atoms with Crippen LogP contribution in [0.2, 0.25) is 0 Å². The zero-order chi connectivity index (χ0) is 12.8. The van der Waals surface area contributed by atoms with Gasteiger partial charge in [0.2, 0.25) is 0 Å². The fourth-order valence-corrected chi connectivity index (χ4v) is 4.50. The molecule has 1 heteroatoms. The smallest absolute Gasteiger partial charge is 0.118 e. The van der Waals surface area contributed by atoms with Gasteiger partial charge in [0.1, 0.15) is 5.75 Å². The SMILES string of the molecule is CC[C@@]12CCCC[C@@H]1CCc1cc(C)c(O)cc12. The van der Waals surface area contributed by atoms with Crippen molar-refractivity contribution in [2.24, 2.45) is 5.92 Å². The molecule has 0 amide bonds. The summed E-state index contributed by atoms with van der Waals surface area (Å²) in [5, 5.41) is 10.1. The van der Waals surface area contributed by atoms with Crippen molar-refractivity contribution >= 4 is 0 Å². The Hall–Kier alpha value is -0.980. The monoisotopic (exact) mass is 244 g/mol. The zero-order valence-electron chi connectivity index (χ0n) is 11.6. The number of hydrogen-bond donors (Lipinski definition) is 1. The Balaban J connectivity index is 2.15. The molecule has 0 heterocycles. The van der Waals surface area contributed by atoms with Gasteiger partial charge in [-0.1, -0.05) is 25.8 Å². The maximum Gasteiger partial charge on any atom is 0.118 e. The predicted molar refractivity (Wildman–Crippen MR) is 75.1 cm³/mol. The van der Waals surface area contributed by atoms with E-state index in [9.17, 15) is 5.11 Å². The second-order valence-electron chi connectivity index (χ2n) is 6.29. The Morgan fingerprint density at radius 3 is 2.89 bits per heavy atom. The van der Waals surface area contributed by atoms with Crippen LogP contribution in [0.1, 0.15) is 62.1 Å². The molecule has 1 nitrogen and oxygen atoms in total. The van der Waals surface area contributed by atoms with Gasteiger partial charge in [0, 0.05) is 0 Å². The maximum atomic E-state index is 10.1. The Bertz CT molecular complexity index is 463. The van der Waals surface area contributed by atoms with E-state index in [2.05, 4.69) is 19.1 Å². The third kappa shape index (κ3) is 1.60. The van der Waals surface area contributed by atoms with Crippen molar-refractivity contribution in [1.82, 2.24) is 0 Å². The second kappa shape index (κ2) is 4.29. The molecule has 1 aromatic rings. The number of phenolic OH excluding ortho intramolecular Hbond substituents is 1. The molecule has 0 bridgehead atoms. The van der Waals surface area contributed by atoms with Gasteiger partial charge >= 0.3 is 0 Å².